The first-order valence-corrected chi connectivity index (χ1v) is 8.26. The zero-order valence-corrected chi connectivity index (χ0v) is 15.5. The first kappa shape index (κ1) is 20.2. The van der Waals surface area contributed by atoms with E-state index in [1.165, 1.54) is 0 Å². The van der Waals surface area contributed by atoms with Crippen LogP contribution < -0.4 is 0 Å². The number of aliphatic imine (C=N–C) groups is 1. The van der Waals surface area contributed by atoms with Crippen LogP contribution in [0.5, 0.6) is 5.75 Å². The standard InChI is InChI=1S/C17H17NO.C6H10/c1-13(14-8-4-3-5-9-14)12-16(18-2)15-10-6-7-11-17(15)19;1-4-5-6(2)3/h3-12,19H,1-2H3;4-5H,2H2,1,3H3/b13-12+,18-16?;5-4-. The molecule has 0 unspecified atom stereocenters. The predicted molar refractivity (Wildman–Crippen MR) is 110 cm³/mol. The summed E-state index contributed by atoms with van der Waals surface area (Å²) in [4.78, 5) is 4.26. The average molecular weight is 333 g/mol. The minimum absolute atomic E-state index is 0.250. The van der Waals surface area contributed by atoms with Crippen molar-refractivity contribution in [1.29, 1.82) is 0 Å². The van der Waals surface area contributed by atoms with Crippen LogP contribution in [0.1, 0.15) is 31.9 Å². The van der Waals surface area contributed by atoms with Gasteiger partial charge in [0.15, 0.2) is 0 Å². The third-order valence-corrected chi connectivity index (χ3v) is 3.45. The zero-order valence-electron chi connectivity index (χ0n) is 15.5. The van der Waals surface area contributed by atoms with Gasteiger partial charge in [0.25, 0.3) is 0 Å². The quantitative estimate of drug-likeness (QED) is 0.536. The molecule has 0 fully saturated rings. The van der Waals surface area contributed by atoms with Crippen molar-refractivity contribution in [3.05, 3.63) is 96.1 Å². The molecule has 0 atom stereocenters. The maximum absolute atomic E-state index is 9.89. The van der Waals surface area contributed by atoms with Crippen LogP contribution in [0.25, 0.3) is 5.57 Å². The lowest BCUT2D eigenvalue weighted by molar-refractivity contribution is 0.474. The van der Waals surface area contributed by atoms with E-state index in [0.29, 0.717) is 0 Å². The maximum atomic E-state index is 9.89. The highest BCUT2D eigenvalue weighted by molar-refractivity contribution is 6.13. The van der Waals surface area contributed by atoms with Crippen molar-refractivity contribution in [2.75, 3.05) is 7.05 Å². The molecule has 0 aliphatic rings. The molecule has 0 amide bonds. The van der Waals surface area contributed by atoms with Crippen molar-refractivity contribution in [3.63, 3.8) is 0 Å². The number of nitrogens with zero attached hydrogens (tertiary/aromatic N) is 1. The van der Waals surface area contributed by atoms with Crippen LogP contribution in [-0.4, -0.2) is 17.9 Å². The molecular formula is C23H27NO. The Kier molecular flexibility index (Phi) is 8.73. The summed E-state index contributed by atoms with van der Waals surface area (Å²) < 4.78 is 0. The molecule has 2 aromatic rings. The summed E-state index contributed by atoms with van der Waals surface area (Å²) in [5.74, 6) is 0.250. The van der Waals surface area contributed by atoms with E-state index in [1.807, 2.05) is 69.3 Å². The zero-order chi connectivity index (χ0) is 18.7. The van der Waals surface area contributed by atoms with Crippen LogP contribution in [0, 0.1) is 0 Å². The highest BCUT2D eigenvalue weighted by atomic mass is 16.3. The molecule has 0 aromatic heterocycles. The number of aromatic hydroxyl groups is 1. The maximum Gasteiger partial charge on any atom is 0.124 e. The molecule has 0 radical (unpaired) electrons. The Morgan fingerprint density at radius 2 is 1.60 bits per heavy atom. The van der Waals surface area contributed by atoms with Gasteiger partial charge in [-0.2, -0.15) is 0 Å². The molecule has 0 aliphatic heterocycles. The van der Waals surface area contributed by atoms with Gasteiger partial charge in [-0.3, -0.25) is 4.99 Å². The van der Waals surface area contributed by atoms with Gasteiger partial charge >= 0.3 is 0 Å². The van der Waals surface area contributed by atoms with E-state index in [9.17, 15) is 5.11 Å². The fourth-order valence-corrected chi connectivity index (χ4v) is 2.23. The second-order valence-electron chi connectivity index (χ2n) is 5.67. The Labute approximate surface area is 151 Å². The van der Waals surface area contributed by atoms with Gasteiger partial charge in [-0.15, -0.1) is 0 Å². The molecule has 25 heavy (non-hydrogen) atoms. The molecule has 0 bridgehead atoms. The monoisotopic (exact) mass is 333 g/mol. The van der Waals surface area contributed by atoms with E-state index in [1.54, 1.807) is 19.2 Å². The van der Waals surface area contributed by atoms with Gasteiger partial charge < -0.3 is 5.11 Å². The van der Waals surface area contributed by atoms with E-state index in [-0.39, 0.29) is 5.75 Å². The number of phenolic OH excluding ortho intramolecular Hbond substituents is 1. The Morgan fingerprint density at radius 3 is 2.08 bits per heavy atom. The Balaban J connectivity index is 0.000000450. The van der Waals surface area contributed by atoms with Crippen LogP contribution in [0.4, 0.5) is 0 Å². The van der Waals surface area contributed by atoms with E-state index in [2.05, 4.69) is 23.7 Å². The molecule has 0 saturated heterocycles. The van der Waals surface area contributed by atoms with E-state index in [4.69, 9.17) is 0 Å². The molecule has 2 aromatic carbocycles. The van der Waals surface area contributed by atoms with Crippen molar-refractivity contribution in [2.24, 2.45) is 4.99 Å². The molecule has 2 heteroatoms. The van der Waals surface area contributed by atoms with Crippen LogP contribution in [0.2, 0.25) is 0 Å². The van der Waals surface area contributed by atoms with Gasteiger partial charge in [-0.05, 0) is 50.1 Å². The third kappa shape index (κ3) is 7.05. The van der Waals surface area contributed by atoms with Gasteiger partial charge in [0, 0.05) is 12.6 Å². The first-order valence-electron chi connectivity index (χ1n) is 8.26. The summed E-state index contributed by atoms with van der Waals surface area (Å²) in [5.41, 5.74) is 4.90. The SMILES string of the molecule is C=C(C)/C=C\C.CN=C(/C=C(\C)c1ccccc1)c1ccccc1O. The smallest absolute Gasteiger partial charge is 0.124 e. The summed E-state index contributed by atoms with van der Waals surface area (Å²) in [6.45, 7) is 9.65. The van der Waals surface area contributed by atoms with Crippen LogP contribution >= 0.6 is 0 Å². The second-order valence-corrected chi connectivity index (χ2v) is 5.67. The topological polar surface area (TPSA) is 32.6 Å². The number of benzene rings is 2. The molecule has 130 valence electrons. The number of phenols is 1. The highest BCUT2D eigenvalue weighted by Crippen LogP contribution is 2.20. The normalized spacial score (nSPS) is 11.8. The molecule has 0 heterocycles. The van der Waals surface area contributed by atoms with E-state index in [0.717, 1.165) is 28.0 Å². The number of hydrogen-bond donors (Lipinski definition) is 1. The molecule has 1 N–H and O–H groups in total. The van der Waals surface area contributed by atoms with Gasteiger partial charge in [0.2, 0.25) is 0 Å². The number of rotatable bonds is 4. The minimum Gasteiger partial charge on any atom is -0.507 e. The highest BCUT2D eigenvalue weighted by Gasteiger charge is 2.06. The molecule has 0 aliphatic carbocycles. The van der Waals surface area contributed by atoms with Crippen LogP contribution in [-0.2, 0) is 0 Å². The summed E-state index contributed by atoms with van der Waals surface area (Å²) in [7, 11) is 1.73. The molecule has 2 nitrogen and oxygen atoms in total. The Bertz CT molecular complexity index is 768. The number of para-hydroxylation sites is 1. The third-order valence-electron chi connectivity index (χ3n) is 3.45. The summed E-state index contributed by atoms with van der Waals surface area (Å²) >= 11 is 0. The van der Waals surface area contributed by atoms with Gasteiger partial charge in [-0.25, -0.2) is 0 Å². The van der Waals surface area contributed by atoms with Crippen molar-refractivity contribution in [3.8, 4) is 5.75 Å². The fraction of sp³-hybridized carbons (Fsp3) is 0.174. The van der Waals surface area contributed by atoms with Crippen molar-refractivity contribution >= 4 is 11.3 Å². The largest absolute Gasteiger partial charge is 0.507 e. The summed E-state index contributed by atoms with van der Waals surface area (Å²) in [6, 6.07) is 17.4. The summed E-state index contributed by atoms with van der Waals surface area (Å²) in [5, 5.41) is 9.89. The van der Waals surface area contributed by atoms with Crippen molar-refractivity contribution < 1.29 is 5.11 Å². The Hall–Kier alpha value is -2.87. The van der Waals surface area contributed by atoms with E-state index >= 15 is 0 Å². The van der Waals surface area contributed by atoms with Crippen molar-refractivity contribution in [2.45, 2.75) is 20.8 Å². The average Bonchev–Trinajstić information content (AvgIpc) is 2.61. The lowest BCUT2D eigenvalue weighted by Crippen LogP contribution is -1.98. The number of hydrogen-bond acceptors (Lipinski definition) is 2. The molecule has 0 spiro atoms. The van der Waals surface area contributed by atoms with Crippen LogP contribution in [0.15, 0.2) is 90.0 Å². The first-order chi connectivity index (χ1) is 12.0. The van der Waals surface area contributed by atoms with Gasteiger partial charge in [-0.1, -0.05) is 66.8 Å². The second kappa shape index (κ2) is 10.8. The van der Waals surface area contributed by atoms with Gasteiger partial charge in [0.05, 0.1) is 5.71 Å². The molecular weight excluding hydrogens is 306 g/mol. The van der Waals surface area contributed by atoms with Crippen LogP contribution in [0.3, 0.4) is 0 Å². The summed E-state index contributed by atoms with van der Waals surface area (Å²) in [6.07, 6.45) is 5.94. The molecule has 2 rings (SSSR count). The number of allylic oxidation sites excluding steroid dienone is 5. The van der Waals surface area contributed by atoms with Gasteiger partial charge in [0.1, 0.15) is 5.75 Å². The fourth-order valence-electron chi connectivity index (χ4n) is 2.23. The minimum atomic E-state index is 0.250. The molecule has 0 saturated carbocycles. The van der Waals surface area contributed by atoms with E-state index < -0.39 is 0 Å². The Morgan fingerprint density at radius 1 is 1.00 bits per heavy atom. The lowest BCUT2D eigenvalue weighted by Gasteiger charge is -2.06. The lowest BCUT2D eigenvalue weighted by atomic mass is 10.0. The predicted octanol–water partition coefficient (Wildman–Crippen LogP) is 6.05. The van der Waals surface area contributed by atoms with Crippen molar-refractivity contribution in [1.82, 2.24) is 0 Å².